The predicted octanol–water partition coefficient (Wildman–Crippen LogP) is 6.90. The van der Waals surface area contributed by atoms with E-state index in [0.717, 1.165) is 29.9 Å². The van der Waals surface area contributed by atoms with Crippen LogP contribution in [0.5, 0.6) is 5.75 Å². The molecular formula is C26H27ClN4O2S. The number of nitrogens with zero attached hydrogens (tertiary/aromatic N) is 3. The Morgan fingerprint density at radius 3 is 2.71 bits per heavy atom. The molecule has 2 aliphatic heterocycles. The molecule has 0 saturated carbocycles. The molecule has 2 heterocycles. The summed E-state index contributed by atoms with van der Waals surface area (Å²) in [7, 11) is 0. The lowest BCUT2D eigenvalue weighted by Gasteiger charge is -2.20. The number of benzene rings is 2. The molecule has 2 aromatic rings. The van der Waals surface area contributed by atoms with Gasteiger partial charge < -0.3 is 4.74 Å². The molecule has 0 radical (unpaired) electrons. The Morgan fingerprint density at radius 1 is 1.12 bits per heavy atom. The number of carbonyl (C=O) groups is 1. The average molecular weight is 495 g/mol. The molecule has 34 heavy (non-hydrogen) atoms. The van der Waals surface area contributed by atoms with Gasteiger partial charge in [0, 0.05) is 10.6 Å². The first kappa shape index (κ1) is 24.2. The zero-order chi connectivity index (χ0) is 23.9. The van der Waals surface area contributed by atoms with Crippen LogP contribution in [0, 0.1) is 5.41 Å². The fourth-order valence-corrected chi connectivity index (χ4v) is 4.77. The highest BCUT2D eigenvalue weighted by Gasteiger charge is 2.35. The number of amidine groups is 2. The van der Waals surface area contributed by atoms with E-state index in [1.54, 1.807) is 24.3 Å². The maximum absolute atomic E-state index is 12.8. The van der Waals surface area contributed by atoms with Crippen molar-refractivity contribution in [3.05, 3.63) is 70.3 Å². The number of ether oxygens (including phenoxy) is 1. The second-order valence-electron chi connectivity index (χ2n) is 8.13. The van der Waals surface area contributed by atoms with Gasteiger partial charge in [0.1, 0.15) is 17.4 Å². The number of halogens is 1. The largest absolute Gasteiger partial charge is 0.488 e. The number of nitrogens with one attached hydrogen (secondary N) is 1. The van der Waals surface area contributed by atoms with Crippen molar-refractivity contribution in [2.45, 2.75) is 52.1 Å². The standard InChI is InChI=1S/C26H27ClN4O2S/c1-2-3-4-5-9-12-23-30-31-24(28)21(25(32)29-26(31)34-23)16-19-15-20(27)13-14-22(19)33-17-18-10-7-6-8-11-18/h6-8,10-11,13-16,28H,2-5,9,12,17H2,1H3/b21-16+,28-24?. The molecule has 0 saturated heterocycles. The summed E-state index contributed by atoms with van der Waals surface area (Å²) < 4.78 is 6.00. The predicted molar refractivity (Wildman–Crippen MR) is 141 cm³/mol. The summed E-state index contributed by atoms with van der Waals surface area (Å²) in [5, 5.41) is 16.5. The Bertz CT molecular complexity index is 1160. The number of aliphatic imine (C=N–C) groups is 1. The minimum atomic E-state index is -0.461. The highest BCUT2D eigenvalue weighted by atomic mass is 35.5. The van der Waals surface area contributed by atoms with Crippen LogP contribution in [0.3, 0.4) is 0 Å². The van der Waals surface area contributed by atoms with E-state index in [-0.39, 0.29) is 11.4 Å². The zero-order valence-corrected chi connectivity index (χ0v) is 20.7. The molecule has 0 atom stereocenters. The fraction of sp³-hybridized carbons (Fsp3) is 0.308. The molecule has 0 unspecified atom stereocenters. The van der Waals surface area contributed by atoms with E-state index in [4.69, 9.17) is 21.7 Å². The second-order valence-corrected chi connectivity index (χ2v) is 9.61. The number of amides is 1. The number of fused-ring (bicyclic) bond motifs is 1. The molecule has 1 amide bonds. The summed E-state index contributed by atoms with van der Waals surface area (Å²) in [6.45, 7) is 2.57. The Morgan fingerprint density at radius 2 is 1.91 bits per heavy atom. The third-order valence-electron chi connectivity index (χ3n) is 5.50. The second kappa shape index (κ2) is 11.5. The highest BCUT2D eigenvalue weighted by molar-refractivity contribution is 8.26. The molecule has 8 heteroatoms. The molecule has 0 aromatic heterocycles. The van der Waals surface area contributed by atoms with Crippen molar-refractivity contribution in [1.29, 1.82) is 5.41 Å². The zero-order valence-electron chi connectivity index (χ0n) is 19.1. The summed E-state index contributed by atoms with van der Waals surface area (Å²) in [4.78, 5) is 17.0. The van der Waals surface area contributed by atoms with Crippen LogP contribution < -0.4 is 4.74 Å². The molecule has 0 fully saturated rings. The SMILES string of the molecule is CCCCCCCC1=NN2C(=N)/C(=C\c3cc(Cl)ccc3OCc3ccccc3)C(=O)N=C2S1. The molecule has 2 aromatic carbocycles. The van der Waals surface area contributed by atoms with Crippen molar-refractivity contribution in [2.24, 2.45) is 10.1 Å². The summed E-state index contributed by atoms with van der Waals surface area (Å²) in [5.41, 5.74) is 1.80. The number of hydrogen-bond acceptors (Lipinski definition) is 5. The monoisotopic (exact) mass is 494 g/mol. The number of carbonyl (C=O) groups excluding carboxylic acids is 1. The lowest BCUT2D eigenvalue weighted by Crippen LogP contribution is -2.35. The van der Waals surface area contributed by atoms with Gasteiger partial charge in [0.25, 0.3) is 5.91 Å². The fourth-order valence-electron chi connectivity index (χ4n) is 3.67. The molecule has 0 spiro atoms. The molecule has 4 rings (SSSR count). The molecule has 6 nitrogen and oxygen atoms in total. The van der Waals surface area contributed by atoms with Gasteiger partial charge in [-0.2, -0.15) is 15.1 Å². The molecule has 0 bridgehead atoms. The van der Waals surface area contributed by atoms with Crippen molar-refractivity contribution in [1.82, 2.24) is 5.01 Å². The first-order valence-corrected chi connectivity index (χ1v) is 12.7. The van der Waals surface area contributed by atoms with Crippen molar-refractivity contribution in [3.8, 4) is 5.75 Å². The van der Waals surface area contributed by atoms with Crippen LogP contribution in [0.25, 0.3) is 6.08 Å². The maximum atomic E-state index is 12.8. The summed E-state index contributed by atoms with van der Waals surface area (Å²) in [5.74, 6) is 0.123. The van der Waals surface area contributed by atoms with Crippen LogP contribution in [0.15, 0.2) is 64.2 Å². The average Bonchev–Trinajstić information content (AvgIpc) is 3.24. The van der Waals surface area contributed by atoms with Crippen LogP contribution in [-0.4, -0.2) is 27.0 Å². The number of rotatable bonds is 10. The van der Waals surface area contributed by atoms with Gasteiger partial charge in [-0.15, -0.1) is 0 Å². The van der Waals surface area contributed by atoms with E-state index in [1.165, 1.54) is 36.0 Å². The third-order valence-corrected chi connectivity index (χ3v) is 6.70. The van der Waals surface area contributed by atoms with Gasteiger partial charge in [-0.3, -0.25) is 10.2 Å². The number of hydrogen-bond donors (Lipinski definition) is 1. The Labute approximate surface area is 209 Å². The van der Waals surface area contributed by atoms with Crippen molar-refractivity contribution in [3.63, 3.8) is 0 Å². The molecule has 2 aliphatic rings. The van der Waals surface area contributed by atoms with E-state index in [1.807, 2.05) is 30.3 Å². The first-order chi connectivity index (χ1) is 16.5. The molecular weight excluding hydrogens is 468 g/mol. The first-order valence-electron chi connectivity index (χ1n) is 11.5. The lowest BCUT2D eigenvalue weighted by atomic mass is 10.1. The number of thioether (sulfide) groups is 1. The maximum Gasteiger partial charge on any atom is 0.283 e. The van der Waals surface area contributed by atoms with E-state index in [0.29, 0.717) is 28.1 Å². The van der Waals surface area contributed by atoms with E-state index in [9.17, 15) is 4.79 Å². The van der Waals surface area contributed by atoms with Gasteiger partial charge in [0.15, 0.2) is 5.84 Å². The van der Waals surface area contributed by atoms with Gasteiger partial charge in [-0.25, -0.2) is 0 Å². The molecule has 176 valence electrons. The van der Waals surface area contributed by atoms with Gasteiger partial charge in [-0.1, -0.05) is 74.5 Å². The van der Waals surface area contributed by atoms with Crippen LogP contribution in [0.1, 0.15) is 56.6 Å². The molecule has 1 N–H and O–H groups in total. The van der Waals surface area contributed by atoms with E-state index < -0.39 is 5.91 Å². The highest BCUT2D eigenvalue weighted by Crippen LogP contribution is 2.32. The van der Waals surface area contributed by atoms with Gasteiger partial charge in [0.05, 0.1) is 5.57 Å². The Hall–Kier alpha value is -2.90. The van der Waals surface area contributed by atoms with E-state index in [2.05, 4.69) is 17.0 Å². The number of unbranched alkanes of at least 4 members (excludes halogenated alkanes) is 4. The third kappa shape index (κ3) is 5.96. The van der Waals surface area contributed by atoms with Crippen LogP contribution in [-0.2, 0) is 11.4 Å². The lowest BCUT2D eigenvalue weighted by molar-refractivity contribution is -0.114. The quantitative estimate of drug-likeness (QED) is 0.288. The van der Waals surface area contributed by atoms with E-state index >= 15 is 0 Å². The van der Waals surface area contributed by atoms with Crippen molar-refractivity contribution in [2.75, 3.05) is 0 Å². The minimum absolute atomic E-state index is 0.0115. The van der Waals surface area contributed by atoms with Crippen LogP contribution in [0.4, 0.5) is 0 Å². The topological polar surface area (TPSA) is 78.1 Å². The van der Waals surface area contributed by atoms with Crippen LogP contribution >= 0.6 is 23.4 Å². The summed E-state index contributed by atoms with van der Waals surface area (Å²) >= 11 is 7.60. The number of hydrazone groups is 1. The minimum Gasteiger partial charge on any atom is -0.488 e. The normalized spacial score (nSPS) is 16.5. The smallest absolute Gasteiger partial charge is 0.283 e. The van der Waals surface area contributed by atoms with Crippen molar-refractivity contribution >= 4 is 51.4 Å². The Balaban J connectivity index is 1.51. The molecule has 0 aliphatic carbocycles. The van der Waals surface area contributed by atoms with Crippen LogP contribution in [0.2, 0.25) is 5.02 Å². The Kier molecular flexibility index (Phi) is 8.19. The van der Waals surface area contributed by atoms with Gasteiger partial charge in [-0.05, 0) is 54.4 Å². The van der Waals surface area contributed by atoms with Crippen molar-refractivity contribution < 1.29 is 9.53 Å². The van der Waals surface area contributed by atoms with Gasteiger partial charge in [0.2, 0.25) is 5.17 Å². The summed E-state index contributed by atoms with van der Waals surface area (Å²) in [6.07, 6.45) is 8.31. The summed E-state index contributed by atoms with van der Waals surface area (Å²) in [6, 6.07) is 15.0. The van der Waals surface area contributed by atoms with Gasteiger partial charge >= 0.3 is 0 Å².